The number of H-pyrrole nitrogens is 1. The van der Waals surface area contributed by atoms with Crippen LogP contribution in [-0.2, 0) is 0 Å². The predicted octanol–water partition coefficient (Wildman–Crippen LogP) is 2.44. The number of aromatic amines is 1. The Kier molecular flexibility index (Phi) is 3.90. The van der Waals surface area contributed by atoms with Gasteiger partial charge in [-0.3, -0.25) is 0 Å². The second-order valence-corrected chi connectivity index (χ2v) is 5.90. The van der Waals surface area contributed by atoms with Crippen molar-refractivity contribution < 1.29 is 4.74 Å². The molecule has 3 heterocycles. The molecule has 0 atom stereocenters. The Balaban J connectivity index is 1.44. The minimum atomic E-state index is 0.386. The number of imidazole rings is 1. The van der Waals surface area contributed by atoms with Crippen molar-refractivity contribution in [2.45, 2.75) is 18.9 Å². The predicted molar refractivity (Wildman–Crippen MR) is 93.5 cm³/mol. The van der Waals surface area contributed by atoms with Gasteiger partial charge in [-0.15, -0.1) is 0 Å². The molecule has 4 rings (SSSR count). The third kappa shape index (κ3) is 2.73. The van der Waals surface area contributed by atoms with Gasteiger partial charge in [-0.2, -0.15) is 0 Å². The highest BCUT2D eigenvalue weighted by Gasteiger charge is 2.22. The van der Waals surface area contributed by atoms with Gasteiger partial charge < -0.3 is 19.9 Å². The summed E-state index contributed by atoms with van der Waals surface area (Å²) >= 11 is 0. The molecule has 7 nitrogen and oxygen atoms in total. The molecular weight excluding hydrogens is 304 g/mol. The van der Waals surface area contributed by atoms with Crippen molar-refractivity contribution in [1.29, 1.82) is 0 Å². The molecule has 1 saturated heterocycles. The van der Waals surface area contributed by atoms with E-state index in [4.69, 9.17) is 4.74 Å². The summed E-state index contributed by atoms with van der Waals surface area (Å²) in [4.78, 5) is 18.2. The number of ether oxygens (including phenoxy) is 1. The van der Waals surface area contributed by atoms with Crippen molar-refractivity contribution in [2.24, 2.45) is 0 Å². The van der Waals surface area contributed by atoms with E-state index < -0.39 is 0 Å². The van der Waals surface area contributed by atoms with Gasteiger partial charge in [0.1, 0.15) is 17.6 Å². The summed E-state index contributed by atoms with van der Waals surface area (Å²) < 4.78 is 5.48. The highest BCUT2D eigenvalue weighted by atomic mass is 16.5. The van der Waals surface area contributed by atoms with Crippen LogP contribution in [0.2, 0.25) is 0 Å². The lowest BCUT2D eigenvalue weighted by Crippen LogP contribution is -2.39. The second kappa shape index (κ2) is 6.35. The molecule has 0 bridgehead atoms. The van der Waals surface area contributed by atoms with Gasteiger partial charge in [-0.1, -0.05) is 12.1 Å². The lowest BCUT2D eigenvalue weighted by molar-refractivity contribution is 0.411. The van der Waals surface area contributed by atoms with Gasteiger partial charge in [-0.25, -0.2) is 15.0 Å². The van der Waals surface area contributed by atoms with Gasteiger partial charge in [0.05, 0.1) is 19.1 Å². The third-order valence-electron chi connectivity index (χ3n) is 4.48. The number of hydrogen-bond acceptors (Lipinski definition) is 6. The number of para-hydroxylation sites is 2. The Morgan fingerprint density at radius 3 is 2.83 bits per heavy atom. The maximum atomic E-state index is 5.48. The van der Waals surface area contributed by atoms with Crippen LogP contribution >= 0.6 is 0 Å². The number of hydrogen-bond donors (Lipinski definition) is 2. The summed E-state index contributed by atoms with van der Waals surface area (Å²) in [5.41, 5.74) is 2.72. The monoisotopic (exact) mass is 324 g/mol. The van der Waals surface area contributed by atoms with Crippen molar-refractivity contribution in [3.8, 4) is 5.75 Å². The smallest absolute Gasteiger partial charge is 0.182 e. The maximum absolute atomic E-state index is 5.48. The fraction of sp³-hybridized carbons (Fsp3) is 0.353. The lowest BCUT2D eigenvalue weighted by atomic mass is 10.0. The first kappa shape index (κ1) is 14.7. The van der Waals surface area contributed by atoms with E-state index in [1.165, 1.54) is 0 Å². The van der Waals surface area contributed by atoms with E-state index >= 15 is 0 Å². The van der Waals surface area contributed by atoms with E-state index in [-0.39, 0.29) is 0 Å². The number of benzene rings is 1. The standard InChI is InChI=1S/C17H20N6O/c1-24-14-5-3-2-4-13(14)23-8-6-12(7-9-23)22-17-15-16(19-10-18-15)20-11-21-17/h2-5,10-12H,6-9H2,1H3,(H2,18,19,20,21,22). The summed E-state index contributed by atoms with van der Waals surface area (Å²) in [6.45, 7) is 1.96. The number of piperidine rings is 1. The minimum absolute atomic E-state index is 0.386. The highest BCUT2D eigenvalue weighted by Crippen LogP contribution is 2.30. The molecule has 2 aromatic heterocycles. The molecule has 0 unspecified atom stereocenters. The van der Waals surface area contributed by atoms with Crippen molar-refractivity contribution >= 4 is 22.7 Å². The largest absolute Gasteiger partial charge is 0.495 e. The summed E-state index contributed by atoms with van der Waals surface area (Å²) in [6.07, 6.45) is 5.28. The van der Waals surface area contributed by atoms with Gasteiger partial charge in [0.25, 0.3) is 0 Å². The third-order valence-corrected chi connectivity index (χ3v) is 4.48. The van der Waals surface area contributed by atoms with Crippen LogP contribution in [0.15, 0.2) is 36.9 Å². The number of anilines is 2. The van der Waals surface area contributed by atoms with Gasteiger partial charge in [0.2, 0.25) is 0 Å². The highest BCUT2D eigenvalue weighted by molar-refractivity contribution is 5.82. The maximum Gasteiger partial charge on any atom is 0.182 e. The van der Waals surface area contributed by atoms with Gasteiger partial charge in [0.15, 0.2) is 11.5 Å². The Hall–Kier alpha value is -2.83. The molecule has 0 amide bonds. The van der Waals surface area contributed by atoms with E-state index in [0.29, 0.717) is 11.7 Å². The van der Waals surface area contributed by atoms with Gasteiger partial charge >= 0.3 is 0 Å². The molecule has 1 fully saturated rings. The van der Waals surface area contributed by atoms with Crippen LogP contribution in [-0.4, -0.2) is 46.2 Å². The summed E-state index contributed by atoms with van der Waals surface area (Å²) in [6, 6.07) is 8.57. The molecule has 124 valence electrons. The van der Waals surface area contributed by atoms with Gasteiger partial charge in [0, 0.05) is 19.1 Å². The lowest BCUT2D eigenvalue weighted by Gasteiger charge is -2.34. The molecule has 2 N–H and O–H groups in total. The van der Waals surface area contributed by atoms with Crippen molar-refractivity contribution in [2.75, 3.05) is 30.4 Å². The van der Waals surface area contributed by atoms with Crippen LogP contribution in [0.4, 0.5) is 11.5 Å². The van der Waals surface area contributed by atoms with Crippen LogP contribution in [0, 0.1) is 0 Å². The molecular formula is C17H20N6O. The number of methoxy groups -OCH3 is 1. The van der Waals surface area contributed by atoms with E-state index in [2.05, 4.69) is 42.3 Å². The zero-order valence-electron chi connectivity index (χ0n) is 13.6. The molecule has 0 spiro atoms. The van der Waals surface area contributed by atoms with E-state index in [9.17, 15) is 0 Å². The van der Waals surface area contributed by atoms with Crippen LogP contribution in [0.1, 0.15) is 12.8 Å². The summed E-state index contributed by atoms with van der Waals surface area (Å²) in [7, 11) is 1.72. The van der Waals surface area contributed by atoms with E-state index in [1.807, 2.05) is 12.1 Å². The molecule has 0 aliphatic carbocycles. The van der Waals surface area contributed by atoms with Gasteiger partial charge in [-0.05, 0) is 25.0 Å². The van der Waals surface area contributed by atoms with Crippen molar-refractivity contribution in [3.63, 3.8) is 0 Å². The Labute approximate surface area is 140 Å². The van der Waals surface area contributed by atoms with Crippen molar-refractivity contribution in [1.82, 2.24) is 19.9 Å². The molecule has 0 radical (unpaired) electrons. The second-order valence-electron chi connectivity index (χ2n) is 5.90. The molecule has 1 aliphatic heterocycles. The first-order chi connectivity index (χ1) is 11.8. The normalized spacial score (nSPS) is 15.6. The van der Waals surface area contributed by atoms with Crippen LogP contribution in [0.3, 0.4) is 0 Å². The number of aromatic nitrogens is 4. The number of nitrogens with one attached hydrogen (secondary N) is 2. The molecule has 1 aliphatic rings. The number of rotatable bonds is 4. The minimum Gasteiger partial charge on any atom is -0.495 e. The Morgan fingerprint density at radius 1 is 1.17 bits per heavy atom. The SMILES string of the molecule is COc1ccccc1N1CCC(Nc2ncnc3nc[nH]c23)CC1. The van der Waals surface area contributed by atoms with Crippen LogP contribution in [0.5, 0.6) is 5.75 Å². The molecule has 3 aromatic rings. The fourth-order valence-corrected chi connectivity index (χ4v) is 3.22. The molecule has 24 heavy (non-hydrogen) atoms. The van der Waals surface area contributed by atoms with E-state index in [0.717, 1.165) is 48.7 Å². The van der Waals surface area contributed by atoms with Crippen LogP contribution in [0.25, 0.3) is 11.2 Å². The zero-order chi connectivity index (χ0) is 16.4. The van der Waals surface area contributed by atoms with Crippen molar-refractivity contribution in [3.05, 3.63) is 36.9 Å². The average molecular weight is 324 g/mol. The number of fused-ring (bicyclic) bond motifs is 1. The molecule has 0 saturated carbocycles. The average Bonchev–Trinajstić information content (AvgIpc) is 3.12. The first-order valence-electron chi connectivity index (χ1n) is 8.14. The summed E-state index contributed by atoms with van der Waals surface area (Å²) in [5.74, 6) is 1.76. The summed E-state index contributed by atoms with van der Waals surface area (Å²) in [5, 5.41) is 3.53. The molecule has 7 heteroatoms. The van der Waals surface area contributed by atoms with E-state index in [1.54, 1.807) is 19.8 Å². The quantitative estimate of drug-likeness (QED) is 0.767. The number of nitrogens with zero attached hydrogens (tertiary/aromatic N) is 4. The zero-order valence-corrected chi connectivity index (χ0v) is 13.6. The molecule has 1 aromatic carbocycles. The Morgan fingerprint density at radius 2 is 2.00 bits per heavy atom. The Bertz CT molecular complexity index is 825. The van der Waals surface area contributed by atoms with Crippen LogP contribution < -0.4 is 15.0 Å². The first-order valence-corrected chi connectivity index (χ1v) is 8.14. The topological polar surface area (TPSA) is 79.0 Å². The fourth-order valence-electron chi connectivity index (χ4n) is 3.22.